The summed E-state index contributed by atoms with van der Waals surface area (Å²) in [6.45, 7) is 6.09. The molecule has 1 aromatic carbocycles. The SMILES string of the molecule is CC(C)(C)OC(=O)NC1CCC(NCc2ccc(Br)cc2F)CC1. The number of amides is 1. The van der Waals surface area contributed by atoms with Crippen LogP contribution < -0.4 is 10.6 Å². The van der Waals surface area contributed by atoms with Crippen molar-refractivity contribution in [2.75, 3.05) is 0 Å². The van der Waals surface area contributed by atoms with Crippen molar-refractivity contribution in [2.45, 2.75) is 70.7 Å². The maximum Gasteiger partial charge on any atom is 0.407 e. The van der Waals surface area contributed by atoms with Crippen LogP contribution in [0, 0.1) is 5.82 Å². The third-order valence-electron chi connectivity index (χ3n) is 4.04. The minimum Gasteiger partial charge on any atom is -0.444 e. The van der Waals surface area contributed by atoms with Crippen LogP contribution >= 0.6 is 15.9 Å². The minimum absolute atomic E-state index is 0.155. The first kappa shape index (κ1) is 19.2. The van der Waals surface area contributed by atoms with E-state index in [0.717, 1.165) is 30.2 Å². The van der Waals surface area contributed by atoms with Crippen molar-refractivity contribution in [1.82, 2.24) is 10.6 Å². The molecule has 1 fully saturated rings. The van der Waals surface area contributed by atoms with E-state index in [9.17, 15) is 9.18 Å². The molecule has 0 aromatic heterocycles. The molecule has 134 valence electrons. The van der Waals surface area contributed by atoms with Crippen molar-refractivity contribution < 1.29 is 13.9 Å². The molecule has 1 amide bonds. The standard InChI is InChI=1S/C18H26BrFN2O2/c1-18(2,3)24-17(23)22-15-8-6-14(7-9-15)21-11-12-4-5-13(19)10-16(12)20/h4-5,10,14-15,21H,6-9,11H2,1-3H3,(H,22,23). The quantitative estimate of drug-likeness (QED) is 0.781. The highest BCUT2D eigenvalue weighted by atomic mass is 79.9. The molecule has 0 aliphatic heterocycles. The number of hydrogen-bond acceptors (Lipinski definition) is 3. The molecule has 1 aliphatic rings. The summed E-state index contributed by atoms with van der Waals surface area (Å²) in [5.74, 6) is -0.197. The van der Waals surface area contributed by atoms with Crippen LogP contribution in [0.3, 0.4) is 0 Å². The average molecular weight is 401 g/mol. The Morgan fingerprint density at radius 1 is 1.25 bits per heavy atom. The maximum absolute atomic E-state index is 13.8. The lowest BCUT2D eigenvalue weighted by Gasteiger charge is -2.30. The number of alkyl carbamates (subject to hydrolysis) is 1. The highest BCUT2D eigenvalue weighted by molar-refractivity contribution is 9.10. The Labute approximate surface area is 151 Å². The zero-order valence-corrected chi connectivity index (χ0v) is 16.1. The van der Waals surface area contributed by atoms with E-state index in [4.69, 9.17) is 4.74 Å². The predicted octanol–water partition coefficient (Wildman–Crippen LogP) is 4.51. The monoisotopic (exact) mass is 400 g/mol. The van der Waals surface area contributed by atoms with Gasteiger partial charge in [-0.3, -0.25) is 0 Å². The fourth-order valence-corrected chi connectivity index (χ4v) is 3.17. The van der Waals surface area contributed by atoms with Crippen molar-refractivity contribution >= 4 is 22.0 Å². The average Bonchev–Trinajstić information content (AvgIpc) is 2.46. The molecule has 6 heteroatoms. The molecule has 4 nitrogen and oxygen atoms in total. The van der Waals surface area contributed by atoms with Crippen LogP contribution in [0.1, 0.15) is 52.0 Å². The number of carbonyl (C=O) groups excluding carboxylic acids is 1. The predicted molar refractivity (Wildman–Crippen MR) is 96.4 cm³/mol. The number of benzene rings is 1. The van der Waals surface area contributed by atoms with Gasteiger partial charge in [0.2, 0.25) is 0 Å². The van der Waals surface area contributed by atoms with Crippen LogP contribution in [0.15, 0.2) is 22.7 Å². The van der Waals surface area contributed by atoms with E-state index in [0.29, 0.717) is 18.2 Å². The molecule has 24 heavy (non-hydrogen) atoms. The Morgan fingerprint density at radius 3 is 2.46 bits per heavy atom. The van der Waals surface area contributed by atoms with E-state index in [1.54, 1.807) is 6.07 Å². The molecule has 0 unspecified atom stereocenters. The molecule has 0 atom stereocenters. The number of hydrogen-bond donors (Lipinski definition) is 2. The lowest BCUT2D eigenvalue weighted by Crippen LogP contribution is -2.43. The van der Waals surface area contributed by atoms with Gasteiger partial charge < -0.3 is 15.4 Å². The van der Waals surface area contributed by atoms with Crippen molar-refractivity contribution in [1.29, 1.82) is 0 Å². The van der Waals surface area contributed by atoms with Gasteiger partial charge in [0.1, 0.15) is 11.4 Å². The van der Waals surface area contributed by atoms with Crippen molar-refractivity contribution in [2.24, 2.45) is 0 Å². The van der Waals surface area contributed by atoms with Gasteiger partial charge in [-0.15, -0.1) is 0 Å². The third kappa shape index (κ3) is 6.40. The molecule has 2 rings (SSSR count). The molecule has 1 aromatic rings. The zero-order valence-electron chi connectivity index (χ0n) is 14.5. The van der Waals surface area contributed by atoms with Crippen LogP contribution in [-0.4, -0.2) is 23.8 Å². The topological polar surface area (TPSA) is 50.4 Å². The lowest BCUT2D eigenvalue weighted by atomic mass is 9.91. The van der Waals surface area contributed by atoms with E-state index in [2.05, 4.69) is 26.6 Å². The zero-order chi connectivity index (χ0) is 17.7. The van der Waals surface area contributed by atoms with Crippen molar-refractivity contribution in [3.63, 3.8) is 0 Å². The Bertz CT molecular complexity index is 567. The molecule has 1 aliphatic carbocycles. The molecule has 0 spiro atoms. The summed E-state index contributed by atoms with van der Waals surface area (Å²) in [6, 6.07) is 5.63. The highest BCUT2D eigenvalue weighted by Crippen LogP contribution is 2.21. The van der Waals surface area contributed by atoms with Crippen LogP contribution in [0.25, 0.3) is 0 Å². The molecule has 2 N–H and O–H groups in total. The maximum atomic E-state index is 13.8. The van der Waals surface area contributed by atoms with Crippen molar-refractivity contribution in [3.8, 4) is 0 Å². The molecule has 0 bridgehead atoms. The summed E-state index contributed by atoms with van der Waals surface area (Å²) in [4.78, 5) is 11.8. The second kappa shape index (κ2) is 8.30. The van der Waals surface area contributed by atoms with Crippen LogP contribution in [-0.2, 0) is 11.3 Å². The van der Waals surface area contributed by atoms with Gasteiger partial charge in [0.25, 0.3) is 0 Å². The summed E-state index contributed by atoms with van der Waals surface area (Å²) in [5.41, 5.74) is 0.199. The smallest absolute Gasteiger partial charge is 0.407 e. The minimum atomic E-state index is -0.475. The van der Waals surface area contributed by atoms with Gasteiger partial charge in [0.15, 0.2) is 0 Å². The Balaban J connectivity index is 1.72. The van der Waals surface area contributed by atoms with E-state index in [1.807, 2.05) is 26.8 Å². The van der Waals surface area contributed by atoms with Gasteiger partial charge >= 0.3 is 6.09 Å². The third-order valence-corrected chi connectivity index (χ3v) is 4.54. The molecule has 0 saturated heterocycles. The number of carbonyl (C=O) groups is 1. The van der Waals surface area contributed by atoms with Gasteiger partial charge in [-0.05, 0) is 58.6 Å². The van der Waals surface area contributed by atoms with Gasteiger partial charge in [-0.2, -0.15) is 0 Å². The van der Waals surface area contributed by atoms with Crippen LogP contribution in [0.2, 0.25) is 0 Å². The lowest BCUT2D eigenvalue weighted by molar-refractivity contribution is 0.0489. The second-order valence-electron chi connectivity index (χ2n) is 7.31. The Morgan fingerprint density at radius 2 is 1.88 bits per heavy atom. The summed E-state index contributed by atoms with van der Waals surface area (Å²) in [7, 11) is 0. The van der Waals surface area contributed by atoms with Crippen LogP contribution in [0.5, 0.6) is 0 Å². The second-order valence-corrected chi connectivity index (χ2v) is 8.23. The number of rotatable bonds is 4. The highest BCUT2D eigenvalue weighted by Gasteiger charge is 2.24. The number of ether oxygens (including phenoxy) is 1. The van der Waals surface area contributed by atoms with Gasteiger partial charge in [0, 0.05) is 28.7 Å². The first-order chi connectivity index (χ1) is 11.2. The molecule has 1 saturated carbocycles. The Kier molecular flexibility index (Phi) is 6.63. The number of nitrogens with one attached hydrogen (secondary N) is 2. The normalized spacial score (nSPS) is 21.4. The van der Waals surface area contributed by atoms with E-state index >= 15 is 0 Å². The van der Waals surface area contributed by atoms with Gasteiger partial charge in [-0.25, -0.2) is 9.18 Å². The fraction of sp³-hybridized carbons (Fsp3) is 0.611. The molecular weight excluding hydrogens is 375 g/mol. The molecule has 0 radical (unpaired) electrons. The summed E-state index contributed by atoms with van der Waals surface area (Å²) >= 11 is 3.26. The summed E-state index contributed by atoms with van der Waals surface area (Å²) in [6.07, 6.45) is 3.37. The summed E-state index contributed by atoms with van der Waals surface area (Å²) in [5, 5.41) is 6.34. The van der Waals surface area contributed by atoms with E-state index in [1.165, 1.54) is 6.07 Å². The largest absolute Gasteiger partial charge is 0.444 e. The fourth-order valence-electron chi connectivity index (χ4n) is 2.84. The first-order valence-electron chi connectivity index (χ1n) is 8.40. The molecular formula is C18H26BrFN2O2. The van der Waals surface area contributed by atoms with Crippen LogP contribution in [0.4, 0.5) is 9.18 Å². The van der Waals surface area contributed by atoms with E-state index in [-0.39, 0.29) is 18.0 Å². The van der Waals surface area contributed by atoms with Crippen molar-refractivity contribution in [3.05, 3.63) is 34.1 Å². The van der Waals surface area contributed by atoms with Gasteiger partial charge in [0.05, 0.1) is 0 Å². The number of halogens is 2. The van der Waals surface area contributed by atoms with Gasteiger partial charge in [-0.1, -0.05) is 22.0 Å². The van der Waals surface area contributed by atoms with E-state index < -0.39 is 5.60 Å². The molecule has 0 heterocycles. The summed E-state index contributed by atoms with van der Waals surface area (Å²) < 4.78 is 19.8. The Hall–Kier alpha value is -1.14. The first-order valence-corrected chi connectivity index (χ1v) is 9.19.